The fourth-order valence-electron chi connectivity index (χ4n) is 13.1. The molecule has 0 aliphatic carbocycles. The Bertz CT molecular complexity index is 5310. The van der Waals surface area contributed by atoms with Gasteiger partial charge in [-0.2, -0.15) is 0 Å². The van der Waals surface area contributed by atoms with Crippen LogP contribution in [-0.4, -0.2) is 28.2 Å². The van der Waals surface area contributed by atoms with Crippen LogP contribution in [0.2, 0.25) is 0 Å². The maximum Gasteiger partial charge on any atom is 0.160 e. The van der Waals surface area contributed by atoms with Gasteiger partial charge in [0.2, 0.25) is 0 Å². The summed E-state index contributed by atoms with van der Waals surface area (Å²) in [5.41, 5.74) is 20.8. The van der Waals surface area contributed by atoms with Gasteiger partial charge in [0.05, 0.1) is 55.5 Å². The molecule has 382 valence electrons. The molecular weight excluding hydrogens is 997 g/mol. The number of aromatic nitrogens is 6. The summed E-state index contributed by atoms with van der Waals surface area (Å²) in [7, 11) is 0. The van der Waals surface area contributed by atoms with Crippen molar-refractivity contribution in [2.45, 2.75) is 0 Å². The van der Waals surface area contributed by atoms with Crippen LogP contribution in [0.15, 0.2) is 291 Å². The summed E-state index contributed by atoms with van der Waals surface area (Å²) in [5.74, 6) is 0.671. The minimum atomic E-state index is 0.671. The SMILES string of the molecule is c1ccc(-c2cc(-c3ccccc3)nc(-c3cccc(-n4c5ccc(-c6ccc7c(c6)c6ccc8c9ccccc9n(-c9ccccc9)c8c6n7-c6ccccc6)cc5c5cc6c(cc54)c4ccccc4n6-c4ccccc4)c3)n2)cc1. The van der Waals surface area contributed by atoms with Crippen LogP contribution >= 0.6 is 0 Å². The van der Waals surface area contributed by atoms with Crippen molar-refractivity contribution < 1.29 is 0 Å². The summed E-state index contributed by atoms with van der Waals surface area (Å²) < 4.78 is 9.79. The molecule has 0 amide bonds. The molecule has 0 unspecified atom stereocenters. The highest BCUT2D eigenvalue weighted by Gasteiger charge is 2.24. The summed E-state index contributed by atoms with van der Waals surface area (Å²) in [4.78, 5) is 10.5. The smallest absolute Gasteiger partial charge is 0.160 e. The van der Waals surface area contributed by atoms with E-state index in [9.17, 15) is 0 Å². The Hall–Kier alpha value is -11.1. The quantitative estimate of drug-likeness (QED) is 0.152. The number of para-hydroxylation sites is 5. The van der Waals surface area contributed by atoms with Crippen LogP contribution in [0.5, 0.6) is 0 Å². The van der Waals surface area contributed by atoms with E-state index in [1.165, 1.54) is 65.2 Å². The summed E-state index contributed by atoms with van der Waals surface area (Å²) in [5, 5.41) is 9.60. The molecule has 0 aliphatic rings. The molecule has 5 aromatic heterocycles. The van der Waals surface area contributed by atoms with Crippen LogP contribution < -0.4 is 0 Å². The lowest BCUT2D eigenvalue weighted by Gasteiger charge is -2.12. The predicted molar refractivity (Wildman–Crippen MR) is 341 cm³/mol. The Balaban J connectivity index is 0.907. The van der Waals surface area contributed by atoms with Gasteiger partial charge in [0.1, 0.15) is 0 Å². The standard InChI is InChI=1S/C76H48N6/c1-6-21-49(22-7-1)66-48-67(50-23-8-2-9-24-50)78-76(77-66)53-25-20-32-57(43-53)80-70-41-37-52(45-63(70)65-47-72-64(46-73(65)80)59-34-17-18-35-68(59)79(72)54-26-10-3-11-27-54)51-38-42-71-62(44-51)61-40-39-60-58-33-16-19-36-69(58)81(55-28-12-4-13-29-55)74(60)75(61)82(71)56-30-14-5-15-31-56/h1-48H. The third kappa shape index (κ3) is 7.08. The zero-order chi connectivity index (χ0) is 53.8. The first-order valence-electron chi connectivity index (χ1n) is 28.0. The van der Waals surface area contributed by atoms with E-state index in [1.807, 2.05) is 12.1 Å². The van der Waals surface area contributed by atoms with E-state index >= 15 is 0 Å². The summed E-state index contributed by atoms with van der Waals surface area (Å²) in [6.45, 7) is 0. The van der Waals surface area contributed by atoms with Crippen molar-refractivity contribution in [2.24, 2.45) is 0 Å². The van der Waals surface area contributed by atoms with Gasteiger partial charge < -0.3 is 18.3 Å². The van der Waals surface area contributed by atoms with E-state index in [-0.39, 0.29) is 0 Å². The topological polar surface area (TPSA) is 45.5 Å². The second-order valence-corrected chi connectivity index (χ2v) is 21.3. The molecule has 6 heteroatoms. The summed E-state index contributed by atoms with van der Waals surface area (Å²) >= 11 is 0. The Morgan fingerprint density at radius 2 is 0.561 bits per heavy atom. The maximum atomic E-state index is 5.27. The maximum absolute atomic E-state index is 5.27. The average molecular weight is 1050 g/mol. The van der Waals surface area contributed by atoms with Gasteiger partial charge in [0, 0.05) is 82.5 Å². The molecule has 17 aromatic rings. The van der Waals surface area contributed by atoms with Crippen LogP contribution in [0.1, 0.15) is 0 Å². The van der Waals surface area contributed by atoms with E-state index in [1.54, 1.807) is 0 Å². The van der Waals surface area contributed by atoms with Gasteiger partial charge in [-0.25, -0.2) is 9.97 Å². The second-order valence-electron chi connectivity index (χ2n) is 21.3. The molecule has 0 bridgehead atoms. The van der Waals surface area contributed by atoms with Crippen LogP contribution in [0, 0.1) is 0 Å². The molecular formula is C76H48N6. The minimum Gasteiger partial charge on any atom is -0.309 e. The molecule has 0 atom stereocenters. The molecule has 0 N–H and O–H groups in total. The van der Waals surface area contributed by atoms with Gasteiger partial charge >= 0.3 is 0 Å². The van der Waals surface area contributed by atoms with E-state index in [0.717, 1.165) is 84.0 Å². The number of hydrogen-bond acceptors (Lipinski definition) is 2. The van der Waals surface area contributed by atoms with E-state index in [0.29, 0.717) is 5.82 Å². The van der Waals surface area contributed by atoms with E-state index in [2.05, 4.69) is 297 Å². The molecule has 6 nitrogen and oxygen atoms in total. The monoisotopic (exact) mass is 1040 g/mol. The van der Waals surface area contributed by atoms with Gasteiger partial charge in [0.25, 0.3) is 0 Å². The van der Waals surface area contributed by atoms with Crippen LogP contribution in [0.25, 0.3) is 155 Å². The first-order valence-corrected chi connectivity index (χ1v) is 28.0. The lowest BCUT2D eigenvalue weighted by Crippen LogP contribution is -1.98. The van der Waals surface area contributed by atoms with Gasteiger partial charge in [-0.15, -0.1) is 0 Å². The molecule has 5 heterocycles. The summed E-state index contributed by atoms with van der Waals surface area (Å²) in [6.07, 6.45) is 0. The second kappa shape index (κ2) is 18.2. The number of nitrogens with zero attached hydrogens (tertiary/aromatic N) is 6. The zero-order valence-electron chi connectivity index (χ0n) is 44.4. The number of hydrogen-bond donors (Lipinski definition) is 0. The van der Waals surface area contributed by atoms with Crippen LogP contribution in [-0.2, 0) is 0 Å². The third-order valence-electron chi connectivity index (χ3n) is 16.7. The van der Waals surface area contributed by atoms with Crippen molar-refractivity contribution in [1.29, 1.82) is 0 Å². The van der Waals surface area contributed by atoms with Crippen molar-refractivity contribution in [2.75, 3.05) is 0 Å². The molecule has 17 rings (SSSR count). The molecule has 0 spiro atoms. The molecule has 0 saturated carbocycles. The van der Waals surface area contributed by atoms with Crippen molar-refractivity contribution >= 4 is 87.2 Å². The number of rotatable bonds is 8. The first-order chi connectivity index (χ1) is 40.7. The Morgan fingerprint density at radius 3 is 1.11 bits per heavy atom. The lowest BCUT2D eigenvalue weighted by molar-refractivity contribution is 1.15. The highest BCUT2D eigenvalue weighted by molar-refractivity contribution is 6.25. The van der Waals surface area contributed by atoms with Gasteiger partial charge in [-0.3, -0.25) is 0 Å². The molecule has 0 saturated heterocycles. The first kappa shape index (κ1) is 45.9. The molecule has 0 radical (unpaired) electrons. The van der Waals surface area contributed by atoms with Crippen molar-refractivity contribution in [3.8, 4) is 67.8 Å². The van der Waals surface area contributed by atoms with Gasteiger partial charge in [-0.05, 0) is 114 Å². The minimum absolute atomic E-state index is 0.671. The third-order valence-corrected chi connectivity index (χ3v) is 16.7. The highest BCUT2D eigenvalue weighted by atomic mass is 15.0. The Kier molecular flexibility index (Phi) is 10.2. The van der Waals surface area contributed by atoms with Crippen molar-refractivity contribution in [3.63, 3.8) is 0 Å². The van der Waals surface area contributed by atoms with Gasteiger partial charge in [0.15, 0.2) is 5.82 Å². The number of benzene rings is 12. The predicted octanol–water partition coefficient (Wildman–Crippen LogP) is 19.5. The number of fused-ring (bicyclic) bond motifs is 13. The average Bonchev–Trinajstić information content (AvgIpc) is 3.19. The van der Waals surface area contributed by atoms with Crippen molar-refractivity contribution in [1.82, 2.24) is 28.2 Å². The van der Waals surface area contributed by atoms with E-state index in [4.69, 9.17) is 9.97 Å². The van der Waals surface area contributed by atoms with Gasteiger partial charge in [-0.1, -0.05) is 188 Å². The molecule has 0 aliphatic heterocycles. The van der Waals surface area contributed by atoms with Crippen molar-refractivity contribution in [3.05, 3.63) is 291 Å². The van der Waals surface area contributed by atoms with E-state index < -0.39 is 0 Å². The Labute approximate surface area is 471 Å². The summed E-state index contributed by atoms with van der Waals surface area (Å²) in [6, 6.07) is 105. The zero-order valence-corrected chi connectivity index (χ0v) is 44.4. The highest BCUT2D eigenvalue weighted by Crippen LogP contribution is 2.45. The molecule has 0 fully saturated rings. The largest absolute Gasteiger partial charge is 0.309 e. The Morgan fingerprint density at radius 1 is 0.195 bits per heavy atom. The molecule has 12 aromatic carbocycles. The fourth-order valence-corrected chi connectivity index (χ4v) is 13.1. The van der Waals surface area contributed by atoms with Crippen LogP contribution in [0.4, 0.5) is 0 Å². The fraction of sp³-hybridized carbons (Fsp3) is 0. The normalized spacial score (nSPS) is 11.9. The molecule has 82 heavy (non-hydrogen) atoms. The lowest BCUT2D eigenvalue weighted by atomic mass is 10.00. The van der Waals surface area contributed by atoms with Crippen LogP contribution in [0.3, 0.4) is 0 Å².